The highest BCUT2D eigenvalue weighted by Gasteiger charge is 2.25. The highest BCUT2D eigenvalue weighted by Crippen LogP contribution is 2.25. The number of carbonyl (C=O) groups is 1. The fourth-order valence-electron chi connectivity index (χ4n) is 3.39. The first-order valence-corrected chi connectivity index (χ1v) is 11.1. The molecule has 0 aliphatic carbocycles. The van der Waals surface area contributed by atoms with Gasteiger partial charge in [-0.15, -0.1) is 0 Å². The van der Waals surface area contributed by atoms with Crippen molar-refractivity contribution in [2.24, 2.45) is 0 Å². The number of sulfonamides is 1. The van der Waals surface area contributed by atoms with Gasteiger partial charge >= 0.3 is 0 Å². The molecule has 1 saturated heterocycles. The Hall–Kier alpha value is -3.06. The minimum atomic E-state index is -3.24. The normalized spacial score (nSPS) is 15.8. The fourth-order valence-corrected chi connectivity index (χ4v) is 5.03. The van der Waals surface area contributed by atoms with Crippen LogP contribution in [0.1, 0.15) is 12.8 Å². The Bertz CT molecular complexity index is 1130. The van der Waals surface area contributed by atoms with Gasteiger partial charge in [0.1, 0.15) is 5.75 Å². The SMILES string of the molecule is O=C(COc1ccc2ccccc2c1)Nc1ccc(N2CCCCS2(=O)=O)cc1. The summed E-state index contributed by atoms with van der Waals surface area (Å²) in [5, 5.41) is 4.93. The van der Waals surface area contributed by atoms with Crippen molar-refractivity contribution in [3.05, 3.63) is 66.7 Å². The lowest BCUT2D eigenvalue weighted by molar-refractivity contribution is -0.118. The van der Waals surface area contributed by atoms with Crippen LogP contribution in [0, 0.1) is 0 Å². The maximum Gasteiger partial charge on any atom is 0.262 e. The zero-order valence-corrected chi connectivity index (χ0v) is 16.7. The van der Waals surface area contributed by atoms with Crippen molar-refractivity contribution in [2.75, 3.05) is 28.5 Å². The van der Waals surface area contributed by atoms with Crippen LogP contribution in [0.25, 0.3) is 10.8 Å². The minimum absolute atomic E-state index is 0.111. The Kier molecular flexibility index (Phi) is 5.40. The number of ether oxygens (including phenoxy) is 1. The molecule has 0 unspecified atom stereocenters. The van der Waals surface area contributed by atoms with E-state index in [0.717, 1.165) is 17.2 Å². The number of fused-ring (bicyclic) bond motifs is 1. The van der Waals surface area contributed by atoms with E-state index in [9.17, 15) is 13.2 Å². The molecule has 1 heterocycles. The van der Waals surface area contributed by atoms with E-state index >= 15 is 0 Å². The molecule has 3 aromatic carbocycles. The van der Waals surface area contributed by atoms with E-state index in [1.54, 1.807) is 24.3 Å². The zero-order chi connectivity index (χ0) is 20.3. The van der Waals surface area contributed by atoms with Gasteiger partial charge in [-0.3, -0.25) is 9.10 Å². The number of anilines is 2. The number of carbonyl (C=O) groups excluding carboxylic acids is 1. The molecule has 0 aromatic heterocycles. The second kappa shape index (κ2) is 8.13. The average Bonchev–Trinajstić information content (AvgIpc) is 2.72. The van der Waals surface area contributed by atoms with Gasteiger partial charge < -0.3 is 10.1 Å². The summed E-state index contributed by atoms with van der Waals surface area (Å²) in [6.45, 7) is 0.383. The van der Waals surface area contributed by atoms with E-state index in [0.29, 0.717) is 30.1 Å². The van der Waals surface area contributed by atoms with Crippen LogP contribution in [-0.2, 0) is 14.8 Å². The molecule has 4 rings (SSSR count). The Morgan fingerprint density at radius 1 is 0.966 bits per heavy atom. The smallest absolute Gasteiger partial charge is 0.262 e. The molecule has 0 saturated carbocycles. The average molecular weight is 410 g/mol. The number of rotatable bonds is 5. The predicted molar refractivity (Wildman–Crippen MR) is 115 cm³/mol. The Morgan fingerprint density at radius 3 is 2.48 bits per heavy atom. The number of benzene rings is 3. The molecule has 6 nitrogen and oxygen atoms in total. The second-order valence-corrected chi connectivity index (χ2v) is 9.00. The van der Waals surface area contributed by atoms with Gasteiger partial charge in [0, 0.05) is 12.2 Å². The maximum absolute atomic E-state index is 12.2. The standard InChI is InChI=1S/C22H22N2O4S/c25-22(16-28-21-12-7-17-5-1-2-6-18(17)15-21)23-19-8-10-20(11-9-19)24-13-3-4-14-29(24,26)27/h1-2,5-12,15H,3-4,13-14,16H2,(H,23,25). The van der Waals surface area contributed by atoms with Crippen LogP contribution in [0.15, 0.2) is 66.7 Å². The van der Waals surface area contributed by atoms with Crippen molar-refractivity contribution in [2.45, 2.75) is 12.8 Å². The molecule has 150 valence electrons. The third-order valence-electron chi connectivity index (χ3n) is 4.88. The van der Waals surface area contributed by atoms with Crippen molar-refractivity contribution >= 4 is 38.1 Å². The molecule has 3 aromatic rings. The molecule has 1 N–H and O–H groups in total. The first-order chi connectivity index (χ1) is 14.0. The van der Waals surface area contributed by atoms with E-state index in [1.165, 1.54) is 4.31 Å². The lowest BCUT2D eigenvalue weighted by Crippen LogP contribution is -2.37. The van der Waals surface area contributed by atoms with Gasteiger partial charge in [-0.1, -0.05) is 30.3 Å². The number of hydrogen-bond donors (Lipinski definition) is 1. The molecular formula is C22H22N2O4S. The molecule has 1 aliphatic heterocycles. The Labute approximate surface area is 170 Å². The van der Waals surface area contributed by atoms with Crippen molar-refractivity contribution in [3.8, 4) is 5.75 Å². The monoisotopic (exact) mass is 410 g/mol. The third kappa shape index (κ3) is 4.51. The summed E-state index contributed by atoms with van der Waals surface area (Å²) in [5.41, 5.74) is 1.21. The van der Waals surface area contributed by atoms with Crippen LogP contribution >= 0.6 is 0 Å². The largest absolute Gasteiger partial charge is 0.484 e. The summed E-state index contributed by atoms with van der Waals surface area (Å²) >= 11 is 0. The van der Waals surface area contributed by atoms with E-state index in [-0.39, 0.29) is 18.3 Å². The van der Waals surface area contributed by atoms with Gasteiger partial charge in [-0.2, -0.15) is 0 Å². The molecule has 1 aliphatic rings. The summed E-state index contributed by atoms with van der Waals surface area (Å²) in [6.07, 6.45) is 1.55. The lowest BCUT2D eigenvalue weighted by Gasteiger charge is -2.28. The summed E-state index contributed by atoms with van der Waals surface area (Å²) < 4.78 is 31.4. The van der Waals surface area contributed by atoms with Crippen LogP contribution in [0.5, 0.6) is 5.75 Å². The molecule has 7 heteroatoms. The van der Waals surface area contributed by atoms with Crippen LogP contribution in [0.4, 0.5) is 11.4 Å². The predicted octanol–water partition coefficient (Wildman–Crippen LogP) is 3.79. The van der Waals surface area contributed by atoms with Gasteiger partial charge in [-0.25, -0.2) is 8.42 Å². The minimum Gasteiger partial charge on any atom is -0.484 e. The van der Waals surface area contributed by atoms with Gasteiger partial charge in [0.15, 0.2) is 6.61 Å². The second-order valence-electron chi connectivity index (χ2n) is 6.99. The summed E-state index contributed by atoms with van der Waals surface area (Å²) in [5.74, 6) is 0.526. The van der Waals surface area contributed by atoms with Gasteiger partial charge in [0.25, 0.3) is 5.91 Å². The zero-order valence-electron chi connectivity index (χ0n) is 15.9. The number of nitrogens with zero attached hydrogens (tertiary/aromatic N) is 1. The summed E-state index contributed by atoms with van der Waals surface area (Å²) in [7, 11) is -3.24. The van der Waals surface area contributed by atoms with E-state index in [4.69, 9.17) is 4.74 Å². The molecule has 1 amide bonds. The van der Waals surface area contributed by atoms with Crippen molar-refractivity contribution in [1.29, 1.82) is 0 Å². The molecule has 0 bridgehead atoms. The third-order valence-corrected chi connectivity index (χ3v) is 6.75. The van der Waals surface area contributed by atoms with Gasteiger partial charge in [-0.05, 0) is 60.0 Å². The summed E-state index contributed by atoms with van der Waals surface area (Å²) in [6, 6.07) is 20.5. The lowest BCUT2D eigenvalue weighted by atomic mass is 10.1. The van der Waals surface area contributed by atoms with Crippen molar-refractivity contribution in [3.63, 3.8) is 0 Å². The Morgan fingerprint density at radius 2 is 1.72 bits per heavy atom. The van der Waals surface area contributed by atoms with E-state index in [1.807, 2.05) is 42.5 Å². The topological polar surface area (TPSA) is 75.7 Å². The molecule has 29 heavy (non-hydrogen) atoms. The molecule has 0 spiro atoms. The van der Waals surface area contributed by atoms with Crippen LogP contribution in [0.3, 0.4) is 0 Å². The Balaban J connectivity index is 1.35. The summed E-state index contributed by atoms with van der Waals surface area (Å²) in [4.78, 5) is 12.2. The highest BCUT2D eigenvalue weighted by molar-refractivity contribution is 7.92. The van der Waals surface area contributed by atoms with Crippen molar-refractivity contribution < 1.29 is 17.9 Å². The number of hydrogen-bond acceptors (Lipinski definition) is 4. The van der Waals surface area contributed by atoms with Crippen LogP contribution < -0.4 is 14.4 Å². The number of amides is 1. The van der Waals surface area contributed by atoms with Crippen LogP contribution in [-0.4, -0.2) is 33.2 Å². The first-order valence-electron chi connectivity index (χ1n) is 9.53. The van der Waals surface area contributed by atoms with Gasteiger partial charge in [0.2, 0.25) is 10.0 Å². The van der Waals surface area contributed by atoms with E-state index < -0.39 is 10.0 Å². The quantitative estimate of drug-likeness (QED) is 0.694. The molecular weight excluding hydrogens is 388 g/mol. The number of nitrogens with one attached hydrogen (secondary N) is 1. The molecule has 1 fully saturated rings. The fraction of sp³-hybridized carbons (Fsp3) is 0.227. The van der Waals surface area contributed by atoms with Crippen molar-refractivity contribution in [1.82, 2.24) is 0 Å². The van der Waals surface area contributed by atoms with E-state index in [2.05, 4.69) is 5.32 Å². The maximum atomic E-state index is 12.2. The molecule has 0 radical (unpaired) electrons. The van der Waals surface area contributed by atoms with Gasteiger partial charge in [0.05, 0.1) is 11.4 Å². The first kappa shape index (κ1) is 19.3. The van der Waals surface area contributed by atoms with Crippen LogP contribution in [0.2, 0.25) is 0 Å². The highest BCUT2D eigenvalue weighted by atomic mass is 32.2. The molecule has 0 atom stereocenters.